The number of aromatic nitrogens is 2. The van der Waals surface area contributed by atoms with Crippen LogP contribution in [-0.2, 0) is 17.4 Å². The number of imidazole rings is 1. The molecule has 0 spiro atoms. The summed E-state index contributed by atoms with van der Waals surface area (Å²) in [6, 6.07) is 2.67. The van der Waals surface area contributed by atoms with Crippen LogP contribution in [0.2, 0.25) is 0 Å². The Morgan fingerprint density at radius 3 is 2.65 bits per heavy atom. The minimum atomic E-state index is -4.46. The molecule has 3 rings (SSSR count). The molecule has 2 aromatic rings. The predicted octanol–water partition coefficient (Wildman–Crippen LogP) is 1.86. The number of fused-ring (bicyclic) bond motifs is 1. The van der Waals surface area contributed by atoms with E-state index in [0.29, 0.717) is 18.7 Å². The van der Waals surface area contributed by atoms with Crippen molar-refractivity contribution >= 4 is 16.9 Å². The molecule has 1 aliphatic rings. The number of carbonyl (C=O) groups is 1. The van der Waals surface area contributed by atoms with Gasteiger partial charge in [0.1, 0.15) is 5.82 Å². The van der Waals surface area contributed by atoms with Crippen molar-refractivity contribution in [2.24, 2.45) is 0 Å². The molecule has 1 aliphatic heterocycles. The molecule has 2 N–H and O–H groups in total. The molecule has 1 aromatic carbocycles. The Kier molecular flexibility index (Phi) is 4.01. The highest BCUT2D eigenvalue weighted by molar-refractivity contribution is 5.83. The van der Waals surface area contributed by atoms with E-state index in [9.17, 15) is 18.0 Å². The third-order valence-corrected chi connectivity index (χ3v) is 3.88. The molecular weight excluding hydrogens is 309 g/mol. The molecule has 1 aromatic heterocycles. The molecule has 0 radical (unpaired) electrons. The quantitative estimate of drug-likeness (QED) is 0.886. The van der Waals surface area contributed by atoms with E-state index in [-0.39, 0.29) is 29.2 Å². The predicted molar refractivity (Wildman–Crippen MR) is 79.0 cm³/mol. The van der Waals surface area contributed by atoms with Gasteiger partial charge in [-0.25, -0.2) is 4.98 Å². The highest BCUT2D eigenvalue weighted by Crippen LogP contribution is 2.34. The highest BCUT2D eigenvalue weighted by atomic mass is 19.4. The lowest BCUT2D eigenvalue weighted by molar-refractivity contribution is -0.136. The van der Waals surface area contributed by atoms with Crippen LogP contribution in [0.4, 0.5) is 13.2 Å². The Hall–Kier alpha value is -2.09. The first-order valence-corrected chi connectivity index (χ1v) is 7.39. The van der Waals surface area contributed by atoms with Crippen molar-refractivity contribution in [3.63, 3.8) is 0 Å². The van der Waals surface area contributed by atoms with Gasteiger partial charge < -0.3 is 15.2 Å². The molecule has 1 saturated heterocycles. The Balaban J connectivity index is 1.89. The van der Waals surface area contributed by atoms with Crippen molar-refractivity contribution in [1.82, 2.24) is 20.2 Å². The van der Waals surface area contributed by atoms with Gasteiger partial charge in [-0.15, -0.1) is 0 Å². The van der Waals surface area contributed by atoms with Crippen molar-refractivity contribution in [2.45, 2.75) is 19.5 Å². The number of halogens is 3. The van der Waals surface area contributed by atoms with Crippen molar-refractivity contribution in [2.75, 3.05) is 26.2 Å². The summed E-state index contributed by atoms with van der Waals surface area (Å²) in [5.41, 5.74) is -0.0937. The van der Waals surface area contributed by atoms with Gasteiger partial charge >= 0.3 is 6.18 Å². The molecule has 0 aliphatic carbocycles. The third kappa shape index (κ3) is 3.31. The second kappa shape index (κ2) is 5.84. The van der Waals surface area contributed by atoms with Gasteiger partial charge in [0.25, 0.3) is 0 Å². The summed E-state index contributed by atoms with van der Waals surface area (Å²) in [4.78, 5) is 20.7. The lowest BCUT2D eigenvalue weighted by Gasteiger charge is -2.27. The molecule has 0 atom stereocenters. The van der Waals surface area contributed by atoms with Crippen LogP contribution in [0.3, 0.4) is 0 Å². The van der Waals surface area contributed by atoms with E-state index in [1.54, 1.807) is 17.9 Å². The molecule has 0 saturated carbocycles. The Bertz CT molecular complexity index is 732. The SMILES string of the molecule is Cc1cc(C(F)(F)F)c2[nH]c(CC(=O)N3CCNCC3)nc2c1. The number of hydrogen-bond acceptors (Lipinski definition) is 3. The third-order valence-electron chi connectivity index (χ3n) is 3.88. The average molecular weight is 326 g/mol. The van der Waals surface area contributed by atoms with E-state index in [1.165, 1.54) is 0 Å². The van der Waals surface area contributed by atoms with Gasteiger partial charge in [0.15, 0.2) is 0 Å². The van der Waals surface area contributed by atoms with Crippen LogP contribution in [-0.4, -0.2) is 47.0 Å². The maximum Gasteiger partial charge on any atom is 0.418 e. The molecule has 8 heteroatoms. The van der Waals surface area contributed by atoms with Crippen LogP contribution in [0.15, 0.2) is 12.1 Å². The number of amides is 1. The zero-order valence-corrected chi connectivity index (χ0v) is 12.6. The monoisotopic (exact) mass is 326 g/mol. The van der Waals surface area contributed by atoms with Crippen molar-refractivity contribution < 1.29 is 18.0 Å². The standard InChI is InChI=1S/C15H17F3N4O/c1-9-6-10(15(16,17)18)14-11(7-9)20-12(21-14)8-13(23)22-4-2-19-3-5-22/h6-7,19H,2-5,8H2,1H3,(H,20,21). The van der Waals surface area contributed by atoms with Gasteiger partial charge in [0.2, 0.25) is 5.91 Å². The van der Waals surface area contributed by atoms with Crippen LogP contribution in [0.25, 0.3) is 11.0 Å². The summed E-state index contributed by atoms with van der Waals surface area (Å²) in [5, 5.41) is 3.14. The zero-order valence-electron chi connectivity index (χ0n) is 12.6. The van der Waals surface area contributed by atoms with Crippen molar-refractivity contribution in [1.29, 1.82) is 0 Å². The summed E-state index contributed by atoms with van der Waals surface area (Å²) >= 11 is 0. The number of benzene rings is 1. The van der Waals surface area contributed by atoms with Crippen LogP contribution >= 0.6 is 0 Å². The number of piperazine rings is 1. The van der Waals surface area contributed by atoms with Gasteiger partial charge in [-0.05, 0) is 24.6 Å². The molecule has 0 bridgehead atoms. The minimum Gasteiger partial charge on any atom is -0.341 e. The molecule has 124 valence electrons. The number of nitrogens with zero attached hydrogens (tertiary/aromatic N) is 2. The van der Waals surface area contributed by atoms with E-state index < -0.39 is 11.7 Å². The largest absolute Gasteiger partial charge is 0.418 e. The minimum absolute atomic E-state index is 0.0228. The van der Waals surface area contributed by atoms with E-state index in [1.807, 2.05) is 0 Å². The van der Waals surface area contributed by atoms with Crippen LogP contribution in [0, 0.1) is 6.92 Å². The zero-order chi connectivity index (χ0) is 16.6. The maximum absolute atomic E-state index is 13.1. The summed E-state index contributed by atoms with van der Waals surface area (Å²) in [7, 11) is 0. The number of rotatable bonds is 2. The molecule has 1 fully saturated rings. The first kappa shape index (κ1) is 15.8. The Morgan fingerprint density at radius 1 is 1.30 bits per heavy atom. The lowest BCUT2D eigenvalue weighted by atomic mass is 10.1. The molecule has 2 heterocycles. The molecule has 0 unspecified atom stereocenters. The van der Waals surface area contributed by atoms with Gasteiger partial charge in [-0.3, -0.25) is 4.79 Å². The highest BCUT2D eigenvalue weighted by Gasteiger charge is 2.34. The fourth-order valence-electron chi connectivity index (χ4n) is 2.78. The van der Waals surface area contributed by atoms with Crippen LogP contribution in [0.1, 0.15) is 17.0 Å². The van der Waals surface area contributed by atoms with Gasteiger partial charge in [-0.2, -0.15) is 13.2 Å². The van der Waals surface area contributed by atoms with E-state index in [2.05, 4.69) is 15.3 Å². The maximum atomic E-state index is 13.1. The Morgan fingerprint density at radius 2 is 2.00 bits per heavy atom. The first-order chi connectivity index (χ1) is 10.8. The Labute approximate surface area is 130 Å². The van der Waals surface area contributed by atoms with Crippen molar-refractivity contribution in [3.8, 4) is 0 Å². The first-order valence-electron chi connectivity index (χ1n) is 7.39. The number of alkyl halides is 3. The summed E-state index contributed by atoms with van der Waals surface area (Å²) in [6.07, 6.45) is -4.48. The number of aryl methyl sites for hydroxylation is 1. The fraction of sp³-hybridized carbons (Fsp3) is 0.467. The summed E-state index contributed by atoms with van der Waals surface area (Å²) in [5.74, 6) is 0.135. The number of nitrogens with one attached hydrogen (secondary N) is 2. The van der Waals surface area contributed by atoms with E-state index in [4.69, 9.17) is 0 Å². The second-order valence-corrected chi connectivity index (χ2v) is 5.70. The lowest BCUT2D eigenvalue weighted by Crippen LogP contribution is -2.47. The number of carbonyl (C=O) groups excluding carboxylic acids is 1. The van der Waals surface area contributed by atoms with Gasteiger partial charge in [0, 0.05) is 26.2 Å². The van der Waals surface area contributed by atoms with Gasteiger partial charge in [-0.1, -0.05) is 0 Å². The number of aromatic amines is 1. The number of hydrogen-bond donors (Lipinski definition) is 2. The molecule has 1 amide bonds. The van der Waals surface area contributed by atoms with Gasteiger partial charge in [0.05, 0.1) is 23.0 Å². The summed E-state index contributed by atoms with van der Waals surface area (Å²) in [6.45, 7) is 4.25. The summed E-state index contributed by atoms with van der Waals surface area (Å²) < 4.78 is 39.4. The topological polar surface area (TPSA) is 61.0 Å². The smallest absolute Gasteiger partial charge is 0.341 e. The van der Waals surface area contributed by atoms with Crippen LogP contribution < -0.4 is 5.32 Å². The van der Waals surface area contributed by atoms with Crippen molar-refractivity contribution in [3.05, 3.63) is 29.1 Å². The molecule has 23 heavy (non-hydrogen) atoms. The van der Waals surface area contributed by atoms with Crippen LogP contribution in [0.5, 0.6) is 0 Å². The number of H-pyrrole nitrogens is 1. The molecular formula is C15H17F3N4O. The second-order valence-electron chi connectivity index (χ2n) is 5.70. The molecule has 5 nitrogen and oxygen atoms in total. The normalized spacial score (nSPS) is 16.1. The fourth-order valence-corrected chi connectivity index (χ4v) is 2.78. The van der Waals surface area contributed by atoms with E-state index >= 15 is 0 Å². The average Bonchev–Trinajstić information content (AvgIpc) is 2.88. The van der Waals surface area contributed by atoms with E-state index in [0.717, 1.165) is 19.2 Å².